The van der Waals surface area contributed by atoms with Crippen LogP contribution >= 0.6 is 0 Å². The molecule has 1 aliphatic heterocycles. The van der Waals surface area contributed by atoms with E-state index in [0.29, 0.717) is 23.8 Å². The van der Waals surface area contributed by atoms with Gasteiger partial charge in [0, 0.05) is 18.3 Å². The minimum absolute atomic E-state index is 0.00169. The number of sulfone groups is 1. The van der Waals surface area contributed by atoms with Gasteiger partial charge < -0.3 is 14.8 Å². The van der Waals surface area contributed by atoms with Gasteiger partial charge in [0.05, 0.1) is 11.5 Å². The van der Waals surface area contributed by atoms with Gasteiger partial charge in [-0.05, 0) is 36.8 Å². The van der Waals surface area contributed by atoms with Crippen molar-refractivity contribution in [2.45, 2.75) is 12.5 Å². The van der Waals surface area contributed by atoms with Gasteiger partial charge >= 0.3 is 0 Å². The predicted octanol–water partition coefficient (Wildman–Crippen LogP) is 1.56. The molecule has 0 aliphatic carbocycles. The fraction of sp³-hybridized carbons (Fsp3) is 0.294. The highest BCUT2D eigenvalue weighted by Gasteiger charge is 2.28. The van der Waals surface area contributed by atoms with Crippen LogP contribution in [-0.2, 0) is 14.6 Å². The number of pyridine rings is 1. The van der Waals surface area contributed by atoms with Crippen LogP contribution in [0.5, 0.6) is 17.4 Å². The van der Waals surface area contributed by atoms with Gasteiger partial charge in [-0.1, -0.05) is 6.07 Å². The van der Waals surface area contributed by atoms with E-state index < -0.39 is 9.84 Å². The topological polar surface area (TPSA) is 94.6 Å². The van der Waals surface area contributed by atoms with Gasteiger partial charge in [0.25, 0.3) is 5.91 Å². The molecule has 3 rings (SSSR count). The molecule has 0 saturated carbocycles. The molecule has 0 unspecified atom stereocenters. The van der Waals surface area contributed by atoms with Crippen LogP contribution in [0.25, 0.3) is 0 Å². The van der Waals surface area contributed by atoms with Crippen molar-refractivity contribution in [1.29, 1.82) is 0 Å². The number of amides is 1. The normalized spacial score (nSPS) is 18.5. The Balaban J connectivity index is 1.46. The van der Waals surface area contributed by atoms with Gasteiger partial charge in [0.1, 0.15) is 11.5 Å². The molecule has 1 aromatic heterocycles. The SMILES string of the molecule is O=C(COc1ccc(Oc2ccccn2)cc1)N[C@@H]1CCS(=O)(=O)C1. The van der Waals surface area contributed by atoms with Crippen LogP contribution in [0.1, 0.15) is 6.42 Å². The van der Waals surface area contributed by atoms with Gasteiger partial charge in [-0.2, -0.15) is 0 Å². The molecule has 2 heterocycles. The summed E-state index contributed by atoms with van der Waals surface area (Å²) >= 11 is 0. The number of nitrogens with zero attached hydrogens (tertiary/aromatic N) is 1. The smallest absolute Gasteiger partial charge is 0.258 e. The van der Waals surface area contributed by atoms with E-state index in [9.17, 15) is 13.2 Å². The first kappa shape index (κ1) is 17.2. The largest absolute Gasteiger partial charge is 0.484 e. The second kappa shape index (κ2) is 7.52. The fourth-order valence-corrected chi connectivity index (χ4v) is 4.13. The van der Waals surface area contributed by atoms with Crippen molar-refractivity contribution < 1.29 is 22.7 Å². The van der Waals surface area contributed by atoms with Gasteiger partial charge in [-0.15, -0.1) is 0 Å². The van der Waals surface area contributed by atoms with Crippen molar-refractivity contribution in [3.63, 3.8) is 0 Å². The Bertz CT molecular complexity index is 822. The molecular formula is C17H18N2O5S. The molecule has 7 nitrogen and oxygen atoms in total. The zero-order valence-electron chi connectivity index (χ0n) is 13.4. The number of nitrogens with one attached hydrogen (secondary N) is 1. The molecule has 2 aromatic rings. The van der Waals surface area contributed by atoms with Crippen molar-refractivity contribution in [3.05, 3.63) is 48.7 Å². The van der Waals surface area contributed by atoms with E-state index >= 15 is 0 Å². The third-order valence-electron chi connectivity index (χ3n) is 3.65. The highest BCUT2D eigenvalue weighted by atomic mass is 32.2. The van der Waals surface area contributed by atoms with Crippen LogP contribution in [0, 0.1) is 0 Å². The number of ether oxygens (including phenoxy) is 2. The minimum Gasteiger partial charge on any atom is -0.484 e. The number of rotatable bonds is 6. The van der Waals surface area contributed by atoms with E-state index in [2.05, 4.69) is 10.3 Å². The van der Waals surface area contributed by atoms with Crippen LogP contribution < -0.4 is 14.8 Å². The zero-order chi connectivity index (χ0) is 17.7. The summed E-state index contributed by atoms with van der Waals surface area (Å²) < 4.78 is 33.7. The standard InChI is InChI=1S/C17H18N2O5S/c20-16(19-13-8-10-25(21,22)12-13)11-23-14-4-6-15(7-5-14)24-17-3-1-2-9-18-17/h1-7,9,13H,8,10-12H2,(H,19,20)/t13-/m1/s1. The lowest BCUT2D eigenvalue weighted by Gasteiger charge is -2.12. The summed E-state index contributed by atoms with van der Waals surface area (Å²) in [5.41, 5.74) is 0. The summed E-state index contributed by atoms with van der Waals surface area (Å²) in [5, 5.41) is 2.67. The summed E-state index contributed by atoms with van der Waals surface area (Å²) in [6.45, 7) is -0.170. The van der Waals surface area contributed by atoms with Crippen LogP contribution in [0.15, 0.2) is 48.7 Å². The highest BCUT2D eigenvalue weighted by molar-refractivity contribution is 7.91. The van der Waals surface area contributed by atoms with E-state index in [-0.39, 0.29) is 30.1 Å². The average Bonchev–Trinajstić information content (AvgIpc) is 2.94. The van der Waals surface area contributed by atoms with Crippen molar-refractivity contribution in [2.75, 3.05) is 18.1 Å². The molecule has 1 atom stereocenters. The molecule has 8 heteroatoms. The molecule has 0 bridgehead atoms. The quantitative estimate of drug-likeness (QED) is 0.838. The molecule has 132 valence electrons. The lowest BCUT2D eigenvalue weighted by Crippen LogP contribution is -2.38. The van der Waals surface area contributed by atoms with Gasteiger partial charge in [-0.25, -0.2) is 13.4 Å². The molecule has 1 fully saturated rings. The van der Waals surface area contributed by atoms with Crippen LogP contribution in [0.3, 0.4) is 0 Å². The van der Waals surface area contributed by atoms with E-state index in [0.717, 1.165) is 0 Å². The summed E-state index contributed by atoms with van der Waals surface area (Å²) in [6, 6.07) is 11.9. The lowest BCUT2D eigenvalue weighted by molar-refractivity contribution is -0.123. The minimum atomic E-state index is -3.01. The number of carbonyl (C=O) groups excluding carboxylic acids is 1. The Morgan fingerprint density at radius 3 is 2.56 bits per heavy atom. The molecule has 0 spiro atoms. The molecular weight excluding hydrogens is 344 g/mol. The monoisotopic (exact) mass is 362 g/mol. The number of carbonyl (C=O) groups is 1. The maximum absolute atomic E-state index is 11.8. The van der Waals surface area contributed by atoms with Crippen molar-refractivity contribution in [1.82, 2.24) is 10.3 Å². The number of hydrogen-bond donors (Lipinski definition) is 1. The third-order valence-corrected chi connectivity index (χ3v) is 5.42. The van der Waals surface area contributed by atoms with Crippen LogP contribution in [0.4, 0.5) is 0 Å². The van der Waals surface area contributed by atoms with Crippen LogP contribution in [-0.4, -0.2) is 43.5 Å². The highest BCUT2D eigenvalue weighted by Crippen LogP contribution is 2.22. The van der Waals surface area contributed by atoms with Gasteiger partial charge in [-0.3, -0.25) is 4.79 Å². The lowest BCUT2D eigenvalue weighted by atomic mass is 10.2. The van der Waals surface area contributed by atoms with Crippen molar-refractivity contribution in [3.8, 4) is 17.4 Å². The van der Waals surface area contributed by atoms with Crippen molar-refractivity contribution >= 4 is 15.7 Å². The molecule has 25 heavy (non-hydrogen) atoms. The maximum Gasteiger partial charge on any atom is 0.258 e. The summed E-state index contributed by atoms with van der Waals surface area (Å²) in [6.07, 6.45) is 2.09. The first-order chi connectivity index (χ1) is 12.0. The van der Waals surface area contributed by atoms with E-state index in [1.165, 1.54) is 0 Å². The zero-order valence-corrected chi connectivity index (χ0v) is 14.2. The average molecular weight is 362 g/mol. The number of aromatic nitrogens is 1. The molecule has 1 aromatic carbocycles. The maximum atomic E-state index is 11.8. The van der Waals surface area contributed by atoms with E-state index in [1.807, 2.05) is 6.07 Å². The molecule has 1 saturated heterocycles. The van der Waals surface area contributed by atoms with Gasteiger partial charge in [0.2, 0.25) is 5.88 Å². The Hall–Kier alpha value is -2.61. The second-order valence-electron chi connectivity index (χ2n) is 5.70. The Kier molecular flexibility index (Phi) is 5.18. The van der Waals surface area contributed by atoms with Crippen molar-refractivity contribution in [2.24, 2.45) is 0 Å². The van der Waals surface area contributed by atoms with E-state index in [1.54, 1.807) is 42.6 Å². The predicted molar refractivity (Wildman–Crippen MR) is 91.4 cm³/mol. The first-order valence-electron chi connectivity index (χ1n) is 7.82. The fourth-order valence-electron chi connectivity index (χ4n) is 2.46. The Morgan fingerprint density at radius 2 is 1.92 bits per heavy atom. The first-order valence-corrected chi connectivity index (χ1v) is 9.64. The Morgan fingerprint density at radius 1 is 1.16 bits per heavy atom. The molecule has 1 amide bonds. The second-order valence-corrected chi connectivity index (χ2v) is 7.93. The van der Waals surface area contributed by atoms with Crippen LogP contribution in [0.2, 0.25) is 0 Å². The van der Waals surface area contributed by atoms with Gasteiger partial charge in [0.15, 0.2) is 16.4 Å². The third kappa shape index (κ3) is 5.18. The number of benzene rings is 1. The summed E-state index contributed by atoms with van der Waals surface area (Å²) in [5.74, 6) is 1.39. The molecule has 1 N–H and O–H groups in total. The molecule has 1 aliphatic rings. The van der Waals surface area contributed by atoms with E-state index in [4.69, 9.17) is 9.47 Å². The number of hydrogen-bond acceptors (Lipinski definition) is 6. The Labute approximate surface area is 145 Å². The summed E-state index contributed by atoms with van der Waals surface area (Å²) in [7, 11) is -3.01. The summed E-state index contributed by atoms with van der Waals surface area (Å²) in [4.78, 5) is 15.9. The molecule has 0 radical (unpaired) electrons.